The first-order valence-electron chi connectivity index (χ1n) is 6.50. The number of alkyl halides is 1. The lowest BCUT2D eigenvalue weighted by atomic mass is 10.2. The van der Waals surface area contributed by atoms with Crippen LogP contribution in [0.2, 0.25) is 10.0 Å². The van der Waals surface area contributed by atoms with Crippen molar-refractivity contribution in [2.24, 2.45) is 0 Å². The summed E-state index contributed by atoms with van der Waals surface area (Å²) in [7, 11) is 0. The summed E-state index contributed by atoms with van der Waals surface area (Å²) >= 11 is 17.5. The molecule has 0 saturated carbocycles. The number of aryl methyl sites for hydroxylation is 1. The van der Waals surface area contributed by atoms with E-state index < -0.39 is 5.91 Å². The summed E-state index contributed by atoms with van der Waals surface area (Å²) in [6.45, 7) is 0.543. The third-order valence-corrected chi connectivity index (χ3v) is 3.55. The number of hydrogen-bond donors (Lipinski definition) is 1. The second-order valence-electron chi connectivity index (χ2n) is 4.47. The molecule has 2 aromatic rings. The van der Waals surface area contributed by atoms with E-state index in [-0.39, 0.29) is 5.57 Å². The normalized spacial score (nSPS) is 11.1. The Morgan fingerprint density at radius 1 is 1.43 bits per heavy atom. The highest BCUT2D eigenvalue weighted by atomic mass is 35.5. The van der Waals surface area contributed by atoms with Gasteiger partial charge in [-0.05, 0) is 24.3 Å². The zero-order valence-electron chi connectivity index (χ0n) is 11.8. The molecule has 118 valence electrons. The van der Waals surface area contributed by atoms with E-state index in [1.165, 1.54) is 12.1 Å². The maximum Gasteiger partial charge on any atom is 0.266 e. The molecule has 0 radical (unpaired) electrons. The van der Waals surface area contributed by atoms with Crippen LogP contribution in [0.15, 0.2) is 36.2 Å². The Kier molecular flexibility index (Phi) is 6.05. The van der Waals surface area contributed by atoms with E-state index in [4.69, 9.17) is 34.8 Å². The lowest BCUT2D eigenvalue weighted by Gasteiger charge is -2.06. The SMILES string of the molecule is N#CC(=Cc1cnn(CCCl)c1)C(=O)Nc1cc(Cl)ccc1Cl. The first-order valence-corrected chi connectivity index (χ1v) is 7.79. The zero-order valence-corrected chi connectivity index (χ0v) is 14.0. The van der Waals surface area contributed by atoms with Crippen LogP contribution in [0.25, 0.3) is 6.08 Å². The molecule has 0 atom stereocenters. The van der Waals surface area contributed by atoms with Gasteiger partial charge in [0.15, 0.2) is 0 Å². The van der Waals surface area contributed by atoms with Crippen LogP contribution in [-0.2, 0) is 11.3 Å². The molecule has 8 heteroatoms. The molecule has 1 heterocycles. The highest BCUT2D eigenvalue weighted by molar-refractivity contribution is 6.36. The van der Waals surface area contributed by atoms with Crippen molar-refractivity contribution in [2.75, 3.05) is 11.2 Å². The summed E-state index contributed by atoms with van der Waals surface area (Å²) in [6, 6.07) is 6.53. The molecule has 0 spiro atoms. The van der Waals surface area contributed by atoms with Crippen molar-refractivity contribution in [3.63, 3.8) is 0 Å². The number of hydrogen-bond acceptors (Lipinski definition) is 3. The van der Waals surface area contributed by atoms with E-state index >= 15 is 0 Å². The number of carbonyl (C=O) groups is 1. The first-order chi connectivity index (χ1) is 11.0. The number of amides is 1. The van der Waals surface area contributed by atoms with E-state index in [0.717, 1.165) is 0 Å². The lowest BCUT2D eigenvalue weighted by Crippen LogP contribution is -2.13. The van der Waals surface area contributed by atoms with Gasteiger partial charge in [0.25, 0.3) is 5.91 Å². The molecule has 0 aliphatic rings. The quantitative estimate of drug-likeness (QED) is 0.492. The van der Waals surface area contributed by atoms with Crippen LogP contribution in [0.5, 0.6) is 0 Å². The number of anilines is 1. The molecule has 0 aliphatic carbocycles. The molecule has 0 saturated heterocycles. The summed E-state index contributed by atoms with van der Waals surface area (Å²) in [6.07, 6.45) is 4.68. The molecule has 1 aromatic heterocycles. The van der Waals surface area contributed by atoms with Crippen molar-refractivity contribution < 1.29 is 4.79 Å². The molecule has 23 heavy (non-hydrogen) atoms. The van der Waals surface area contributed by atoms with Crippen LogP contribution in [0, 0.1) is 11.3 Å². The molecule has 1 N–H and O–H groups in total. The molecule has 0 unspecified atom stereocenters. The fourth-order valence-corrected chi connectivity index (χ4v) is 2.27. The maximum absolute atomic E-state index is 12.2. The number of benzene rings is 1. The van der Waals surface area contributed by atoms with E-state index in [0.29, 0.717) is 33.7 Å². The molecule has 5 nitrogen and oxygen atoms in total. The molecule has 0 bridgehead atoms. The van der Waals surface area contributed by atoms with Gasteiger partial charge in [0.05, 0.1) is 23.5 Å². The molecule has 0 aliphatic heterocycles. The Hall–Kier alpha value is -2.00. The van der Waals surface area contributed by atoms with Gasteiger partial charge in [-0.1, -0.05) is 23.2 Å². The fourth-order valence-electron chi connectivity index (χ4n) is 1.76. The van der Waals surface area contributed by atoms with Crippen molar-refractivity contribution in [2.45, 2.75) is 6.54 Å². The van der Waals surface area contributed by atoms with E-state index in [1.807, 2.05) is 6.07 Å². The zero-order chi connectivity index (χ0) is 16.8. The average molecular weight is 370 g/mol. The van der Waals surface area contributed by atoms with Gasteiger partial charge in [-0.15, -0.1) is 11.6 Å². The topological polar surface area (TPSA) is 70.7 Å². The number of rotatable bonds is 5. The van der Waals surface area contributed by atoms with Gasteiger partial charge in [0.1, 0.15) is 11.6 Å². The predicted molar refractivity (Wildman–Crippen MR) is 91.6 cm³/mol. The molecule has 1 aromatic carbocycles. The summed E-state index contributed by atoms with van der Waals surface area (Å²) in [5, 5.41) is 16.6. The van der Waals surface area contributed by atoms with Crippen molar-refractivity contribution in [3.05, 3.63) is 51.8 Å². The van der Waals surface area contributed by atoms with Crippen molar-refractivity contribution >= 4 is 52.5 Å². The highest BCUT2D eigenvalue weighted by Gasteiger charge is 2.12. The summed E-state index contributed by atoms with van der Waals surface area (Å²) in [5.41, 5.74) is 0.883. The van der Waals surface area contributed by atoms with Gasteiger partial charge >= 0.3 is 0 Å². The fraction of sp³-hybridized carbons (Fsp3) is 0.133. The van der Waals surface area contributed by atoms with Gasteiger partial charge in [-0.2, -0.15) is 10.4 Å². The standard InChI is InChI=1S/C15H11Cl3N4O/c16-3-4-22-9-10(8-20-22)5-11(7-19)15(23)21-14-6-12(17)1-2-13(14)18/h1-2,5-6,8-9H,3-4H2,(H,21,23). The molecular formula is C15H11Cl3N4O. The predicted octanol–water partition coefficient (Wildman–Crippen LogP) is 3.97. The minimum absolute atomic E-state index is 0.0773. The maximum atomic E-state index is 12.2. The number of carbonyl (C=O) groups excluding carboxylic acids is 1. The number of aromatic nitrogens is 2. The van der Waals surface area contributed by atoms with Crippen molar-refractivity contribution in [1.29, 1.82) is 5.26 Å². The number of nitriles is 1. The first kappa shape index (κ1) is 17.4. The summed E-state index contributed by atoms with van der Waals surface area (Å²) in [4.78, 5) is 12.2. The Bertz CT molecular complexity index is 792. The summed E-state index contributed by atoms with van der Waals surface area (Å²) < 4.78 is 1.62. The van der Waals surface area contributed by atoms with E-state index in [9.17, 15) is 10.1 Å². The summed E-state index contributed by atoms with van der Waals surface area (Å²) in [5.74, 6) is -0.161. The number of nitrogens with one attached hydrogen (secondary N) is 1. The van der Waals surface area contributed by atoms with Gasteiger partial charge in [0.2, 0.25) is 0 Å². The Morgan fingerprint density at radius 3 is 2.91 bits per heavy atom. The minimum Gasteiger partial charge on any atom is -0.320 e. The van der Waals surface area contributed by atoms with Crippen molar-refractivity contribution in [1.82, 2.24) is 9.78 Å². The third kappa shape index (κ3) is 4.73. The Morgan fingerprint density at radius 2 is 2.22 bits per heavy atom. The van der Waals surface area contributed by atoms with Gasteiger partial charge in [0, 0.05) is 22.7 Å². The van der Waals surface area contributed by atoms with Crippen LogP contribution < -0.4 is 5.32 Å². The van der Waals surface area contributed by atoms with Gasteiger partial charge < -0.3 is 5.32 Å². The Labute approximate surface area is 148 Å². The minimum atomic E-state index is -0.582. The number of nitrogens with zero attached hydrogens (tertiary/aromatic N) is 3. The smallest absolute Gasteiger partial charge is 0.266 e. The lowest BCUT2D eigenvalue weighted by molar-refractivity contribution is -0.112. The second kappa shape index (κ2) is 8.02. The molecule has 2 rings (SSSR count). The van der Waals surface area contributed by atoms with E-state index in [1.54, 1.807) is 29.2 Å². The molecule has 1 amide bonds. The average Bonchev–Trinajstić information content (AvgIpc) is 2.96. The second-order valence-corrected chi connectivity index (χ2v) is 5.70. The van der Waals surface area contributed by atoms with Crippen molar-refractivity contribution in [3.8, 4) is 6.07 Å². The van der Waals surface area contributed by atoms with Gasteiger partial charge in [-0.3, -0.25) is 9.48 Å². The number of halogens is 3. The largest absolute Gasteiger partial charge is 0.320 e. The van der Waals surface area contributed by atoms with Crippen LogP contribution in [0.4, 0.5) is 5.69 Å². The molecular weight excluding hydrogens is 359 g/mol. The highest BCUT2D eigenvalue weighted by Crippen LogP contribution is 2.25. The van der Waals surface area contributed by atoms with Crippen LogP contribution >= 0.6 is 34.8 Å². The Balaban J connectivity index is 2.19. The molecule has 0 fully saturated rings. The monoisotopic (exact) mass is 368 g/mol. The third-order valence-electron chi connectivity index (χ3n) is 2.82. The van der Waals surface area contributed by atoms with Crippen LogP contribution in [0.3, 0.4) is 0 Å². The van der Waals surface area contributed by atoms with Crippen LogP contribution in [-0.4, -0.2) is 21.6 Å². The van der Waals surface area contributed by atoms with Crippen LogP contribution in [0.1, 0.15) is 5.56 Å². The van der Waals surface area contributed by atoms with Gasteiger partial charge in [-0.25, -0.2) is 0 Å². The van der Waals surface area contributed by atoms with E-state index in [2.05, 4.69) is 10.4 Å².